The lowest BCUT2D eigenvalue weighted by Gasteiger charge is -2.30. The maximum Gasteiger partial charge on any atom is 0.345 e. The van der Waals surface area contributed by atoms with E-state index in [9.17, 15) is 4.79 Å². The van der Waals surface area contributed by atoms with Crippen LogP contribution in [0.15, 0.2) is 51.7 Å². The molecule has 2 heterocycles. The van der Waals surface area contributed by atoms with E-state index in [1.54, 1.807) is 0 Å². The molecule has 0 bridgehead atoms. The molecule has 0 spiro atoms. The number of aryl methyl sites for hydroxylation is 1. The summed E-state index contributed by atoms with van der Waals surface area (Å²) in [7, 11) is 0. The highest BCUT2D eigenvalue weighted by Crippen LogP contribution is 2.33. The Morgan fingerprint density at radius 2 is 1.91 bits per heavy atom. The molecule has 0 aliphatic carbocycles. The summed E-state index contributed by atoms with van der Waals surface area (Å²) >= 11 is 5.92. The van der Waals surface area contributed by atoms with Gasteiger partial charge in [0.1, 0.15) is 11.3 Å². The zero-order valence-electron chi connectivity index (χ0n) is 12.5. The van der Waals surface area contributed by atoms with Gasteiger partial charge in [-0.3, -0.25) is 0 Å². The van der Waals surface area contributed by atoms with Gasteiger partial charge in [0, 0.05) is 10.7 Å². The molecule has 1 aromatic heterocycles. The van der Waals surface area contributed by atoms with E-state index in [0.29, 0.717) is 35.2 Å². The van der Waals surface area contributed by atoms with Crippen molar-refractivity contribution in [3.05, 3.63) is 69.0 Å². The van der Waals surface area contributed by atoms with Crippen molar-refractivity contribution in [3.8, 4) is 5.75 Å². The van der Waals surface area contributed by atoms with Crippen molar-refractivity contribution < 1.29 is 9.15 Å². The molecule has 5 heteroatoms. The van der Waals surface area contributed by atoms with Gasteiger partial charge in [0.25, 0.3) is 0 Å². The third-order valence-electron chi connectivity index (χ3n) is 4.01. The first kappa shape index (κ1) is 14.2. The van der Waals surface area contributed by atoms with E-state index in [1.807, 2.05) is 54.3 Å². The minimum absolute atomic E-state index is 0.350. The van der Waals surface area contributed by atoms with Crippen LogP contribution in [0.4, 0.5) is 5.69 Å². The molecule has 0 saturated carbocycles. The first-order valence-corrected chi connectivity index (χ1v) is 7.69. The summed E-state index contributed by atoms with van der Waals surface area (Å²) < 4.78 is 11.3. The molecule has 0 saturated heterocycles. The van der Waals surface area contributed by atoms with Gasteiger partial charge in [-0.05, 0) is 48.9 Å². The van der Waals surface area contributed by atoms with Crippen molar-refractivity contribution in [2.75, 3.05) is 11.6 Å². The molecule has 0 N–H and O–H groups in total. The zero-order valence-corrected chi connectivity index (χ0v) is 13.3. The van der Waals surface area contributed by atoms with E-state index >= 15 is 0 Å². The minimum Gasteiger partial charge on any atom is -0.472 e. The van der Waals surface area contributed by atoms with Crippen molar-refractivity contribution in [2.45, 2.75) is 13.5 Å². The number of fused-ring (bicyclic) bond motifs is 3. The number of halogens is 1. The van der Waals surface area contributed by atoms with Crippen LogP contribution in [0.3, 0.4) is 0 Å². The van der Waals surface area contributed by atoms with Crippen molar-refractivity contribution in [2.24, 2.45) is 0 Å². The summed E-state index contributed by atoms with van der Waals surface area (Å²) in [6.45, 7) is 2.78. The van der Waals surface area contributed by atoms with Crippen LogP contribution < -0.4 is 15.3 Å². The molecular formula is C18H14ClNO3. The first-order chi connectivity index (χ1) is 11.1. The molecule has 0 amide bonds. The fraction of sp³-hybridized carbons (Fsp3) is 0.167. The molecule has 0 atom stereocenters. The van der Waals surface area contributed by atoms with Crippen molar-refractivity contribution >= 4 is 28.3 Å². The average molecular weight is 328 g/mol. The molecule has 0 radical (unpaired) electrons. The Balaban J connectivity index is 1.79. The summed E-state index contributed by atoms with van der Waals surface area (Å²) in [4.78, 5) is 14.3. The molecule has 23 heavy (non-hydrogen) atoms. The number of anilines is 1. The molecule has 116 valence electrons. The molecule has 1 aliphatic rings. The minimum atomic E-state index is -0.350. The van der Waals surface area contributed by atoms with Crippen LogP contribution >= 0.6 is 11.6 Å². The second-order valence-corrected chi connectivity index (χ2v) is 6.08. The van der Waals surface area contributed by atoms with Crippen molar-refractivity contribution in [1.29, 1.82) is 0 Å². The lowest BCUT2D eigenvalue weighted by molar-refractivity contribution is 0.287. The lowest BCUT2D eigenvalue weighted by Crippen LogP contribution is -2.34. The van der Waals surface area contributed by atoms with Gasteiger partial charge in [-0.2, -0.15) is 0 Å². The van der Waals surface area contributed by atoms with Gasteiger partial charge in [-0.15, -0.1) is 0 Å². The Hall–Kier alpha value is -2.46. The van der Waals surface area contributed by atoms with Crippen LogP contribution in [0.2, 0.25) is 5.02 Å². The van der Waals surface area contributed by atoms with Crippen LogP contribution in [-0.4, -0.2) is 6.73 Å². The first-order valence-electron chi connectivity index (χ1n) is 7.31. The SMILES string of the molecule is Cc1ccc2c3c(c(=O)oc2c1)CN(c1ccc(Cl)cc1)CO3. The highest BCUT2D eigenvalue weighted by molar-refractivity contribution is 6.30. The second-order valence-electron chi connectivity index (χ2n) is 5.64. The third kappa shape index (κ3) is 2.45. The standard InChI is InChI=1S/C18H14ClNO3/c1-11-2-7-14-16(8-11)23-18(21)15-9-20(10-22-17(14)15)13-5-3-12(19)4-6-13/h2-8H,9-10H2,1H3. The van der Waals surface area contributed by atoms with E-state index in [-0.39, 0.29) is 5.63 Å². The monoisotopic (exact) mass is 327 g/mol. The van der Waals surface area contributed by atoms with Crippen LogP contribution in [0.25, 0.3) is 11.0 Å². The highest BCUT2D eigenvalue weighted by atomic mass is 35.5. The molecule has 4 nitrogen and oxygen atoms in total. The van der Waals surface area contributed by atoms with Crippen LogP contribution in [0, 0.1) is 6.92 Å². The molecular weight excluding hydrogens is 314 g/mol. The smallest absolute Gasteiger partial charge is 0.345 e. The summed E-state index contributed by atoms with van der Waals surface area (Å²) in [5.74, 6) is 0.626. The molecule has 1 aliphatic heterocycles. The Bertz CT molecular complexity index is 947. The number of rotatable bonds is 1. The lowest BCUT2D eigenvalue weighted by atomic mass is 10.1. The maximum absolute atomic E-state index is 12.3. The number of benzene rings is 2. The van der Waals surface area contributed by atoms with Gasteiger partial charge in [-0.1, -0.05) is 17.7 Å². The van der Waals surface area contributed by atoms with Crippen LogP contribution in [-0.2, 0) is 6.54 Å². The zero-order chi connectivity index (χ0) is 16.0. The van der Waals surface area contributed by atoms with Gasteiger partial charge in [0.05, 0.1) is 17.5 Å². The highest BCUT2D eigenvalue weighted by Gasteiger charge is 2.24. The fourth-order valence-corrected chi connectivity index (χ4v) is 2.94. The van der Waals surface area contributed by atoms with E-state index in [1.165, 1.54) is 0 Å². The third-order valence-corrected chi connectivity index (χ3v) is 4.26. The van der Waals surface area contributed by atoms with Crippen LogP contribution in [0.5, 0.6) is 5.75 Å². The quantitative estimate of drug-likeness (QED) is 0.631. The topological polar surface area (TPSA) is 42.7 Å². The van der Waals surface area contributed by atoms with E-state index < -0.39 is 0 Å². The van der Waals surface area contributed by atoms with Crippen molar-refractivity contribution in [3.63, 3.8) is 0 Å². The van der Waals surface area contributed by atoms with E-state index in [2.05, 4.69) is 0 Å². The molecule has 0 unspecified atom stereocenters. The summed E-state index contributed by atoms with van der Waals surface area (Å²) in [5, 5.41) is 1.51. The van der Waals surface area contributed by atoms with Gasteiger partial charge < -0.3 is 14.1 Å². The average Bonchev–Trinajstić information content (AvgIpc) is 2.55. The van der Waals surface area contributed by atoms with Crippen molar-refractivity contribution in [1.82, 2.24) is 0 Å². The number of hydrogen-bond acceptors (Lipinski definition) is 4. The largest absolute Gasteiger partial charge is 0.472 e. The maximum atomic E-state index is 12.3. The molecule has 4 rings (SSSR count). The number of hydrogen-bond donors (Lipinski definition) is 0. The summed E-state index contributed by atoms with van der Waals surface area (Å²) in [6.07, 6.45) is 0. The summed E-state index contributed by atoms with van der Waals surface area (Å²) in [6, 6.07) is 13.2. The van der Waals surface area contributed by atoms with E-state index in [4.69, 9.17) is 20.8 Å². The van der Waals surface area contributed by atoms with Gasteiger partial charge in [0.15, 0.2) is 6.73 Å². The number of nitrogens with zero attached hydrogens (tertiary/aromatic N) is 1. The Morgan fingerprint density at radius 3 is 2.70 bits per heavy atom. The van der Waals surface area contributed by atoms with Crippen LogP contribution in [0.1, 0.15) is 11.1 Å². The van der Waals surface area contributed by atoms with Gasteiger partial charge in [-0.25, -0.2) is 4.79 Å². The molecule has 3 aromatic rings. The summed E-state index contributed by atoms with van der Waals surface area (Å²) in [5.41, 5.74) is 2.75. The van der Waals surface area contributed by atoms with E-state index in [0.717, 1.165) is 16.6 Å². The predicted octanol–water partition coefficient (Wildman–Crippen LogP) is 4.11. The predicted molar refractivity (Wildman–Crippen MR) is 90.4 cm³/mol. The molecule has 0 fully saturated rings. The Kier molecular flexibility index (Phi) is 3.27. The van der Waals surface area contributed by atoms with Gasteiger partial charge in [0.2, 0.25) is 0 Å². The normalized spacial score (nSPS) is 13.7. The Morgan fingerprint density at radius 1 is 1.13 bits per heavy atom. The second kappa shape index (κ2) is 5.32. The fourth-order valence-electron chi connectivity index (χ4n) is 2.82. The van der Waals surface area contributed by atoms with Gasteiger partial charge >= 0.3 is 5.63 Å². The Labute approximate surface area is 137 Å². The molecule has 2 aromatic carbocycles. The number of ether oxygens (including phenoxy) is 1.